The maximum atomic E-state index is 11.7. The molecule has 1 heterocycles. The zero-order chi connectivity index (χ0) is 13.1. The van der Waals surface area contributed by atoms with Gasteiger partial charge in [0, 0.05) is 13.0 Å². The van der Waals surface area contributed by atoms with Gasteiger partial charge in [-0.25, -0.2) is 4.79 Å². The van der Waals surface area contributed by atoms with Crippen molar-refractivity contribution in [3.8, 4) is 0 Å². The molecule has 0 atom stereocenters. The minimum Gasteiger partial charge on any atom is -0.445 e. The van der Waals surface area contributed by atoms with E-state index in [9.17, 15) is 9.59 Å². The standard InChI is InChI=1S/C14H17NO3/c1-10-3-4-12(11(2)7-10)9-18-14(17)15-6-5-13(16)8-15/h3-4,7H,5-6,8-9H2,1-2H3. The van der Waals surface area contributed by atoms with Crippen molar-refractivity contribution >= 4 is 11.9 Å². The molecule has 4 heteroatoms. The fourth-order valence-electron chi connectivity index (χ4n) is 2.03. The van der Waals surface area contributed by atoms with E-state index in [4.69, 9.17) is 4.74 Å². The number of aryl methyl sites for hydroxylation is 2. The van der Waals surface area contributed by atoms with E-state index in [0.717, 1.165) is 11.1 Å². The summed E-state index contributed by atoms with van der Waals surface area (Å²) in [4.78, 5) is 24.2. The highest BCUT2D eigenvalue weighted by atomic mass is 16.6. The fraction of sp³-hybridized carbons (Fsp3) is 0.429. The van der Waals surface area contributed by atoms with Crippen LogP contribution >= 0.6 is 0 Å². The van der Waals surface area contributed by atoms with Crippen LogP contribution in [0.2, 0.25) is 0 Å². The number of rotatable bonds is 2. The van der Waals surface area contributed by atoms with Gasteiger partial charge >= 0.3 is 6.09 Å². The zero-order valence-electron chi connectivity index (χ0n) is 10.7. The van der Waals surface area contributed by atoms with Crippen LogP contribution in [0.4, 0.5) is 4.79 Å². The van der Waals surface area contributed by atoms with Gasteiger partial charge in [0.05, 0.1) is 6.54 Å². The van der Waals surface area contributed by atoms with E-state index in [2.05, 4.69) is 6.07 Å². The molecule has 0 spiro atoms. The Balaban J connectivity index is 1.91. The molecule has 0 radical (unpaired) electrons. The Morgan fingerprint density at radius 2 is 2.17 bits per heavy atom. The van der Waals surface area contributed by atoms with E-state index in [0.29, 0.717) is 13.0 Å². The monoisotopic (exact) mass is 247 g/mol. The van der Waals surface area contributed by atoms with Crippen molar-refractivity contribution in [1.82, 2.24) is 4.90 Å². The first-order valence-corrected chi connectivity index (χ1v) is 6.06. The molecule has 0 aromatic heterocycles. The molecule has 2 rings (SSSR count). The predicted octanol–water partition coefficient (Wildman–Crippen LogP) is 2.21. The summed E-state index contributed by atoms with van der Waals surface area (Å²) in [6.45, 7) is 4.94. The average Bonchev–Trinajstić information content (AvgIpc) is 2.74. The van der Waals surface area contributed by atoms with Gasteiger partial charge in [-0.05, 0) is 25.0 Å². The lowest BCUT2D eigenvalue weighted by Crippen LogP contribution is -2.29. The maximum absolute atomic E-state index is 11.7. The number of hydrogen-bond acceptors (Lipinski definition) is 3. The first-order chi connectivity index (χ1) is 8.56. The zero-order valence-corrected chi connectivity index (χ0v) is 10.7. The molecule has 0 N–H and O–H groups in total. The molecule has 1 aliphatic rings. The molecule has 0 unspecified atom stereocenters. The summed E-state index contributed by atoms with van der Waals surface area (Å²) < 4.78 is 5.22. The van der Waals surface area contributed by atoms with E-state index in [1.807, 2.05) is 26.0 Å². The topological polar surface area (TPSA) is 46.6 Å². The van der Waals surface area contributed by atoms with Crippen LogP contribution in [0.3, 0.4) is 0 Å². The summed E-state index contributed by atoms with van der Waals surface area (Å²) in [5, 5.41) is 0. The highest BCUT2D eigenvalue weighted by Crippen LogP contribution is 2.13. The van der Waals surface area contributed by atoms with Gasteiger partial charge in [-0.15, -0.1) is 0 Å². The smallest absolute Gasteiger partial charge is 0.410 e. The van der Waals surface area contributed by atoms with Crippen LogP contribution in [0.5, 0.6) is 0 Å². The lowest BCUT2D eigenvalue weighted by Gasteiger charge is -2.15. The van der Waals surface area contributed by atoms with Gasteiger partial charge in [0.1, 0.15) is 6.61 Å². The fourth-order valence-corrected chi connectivity index (χ4v) is 2.03. The van der Waals surface area contributed by atoms with Crippen molar-refractivity contribution in [2.24, 2.45) is 0 Å². The molecule has 1 saturated heterocycles. The van der Waals surface area contributed by atoms with Crippen molar-refractivity contribution in [3.05, 3.63) is 34.9 Å². The molecule has 0 bridgehead atoms. The maximum Gasteiger partial charge on any atom is 0.410 e. The molecule has 0 aliphatic carbocycles. The summed E-state index contributed by atoms with van der Waals surface area (Å²) in [7, 11) is 0. The Bertz CT molecular complexity index is 482. The highest BCUT2D eigenvalue weighted by Gasteiger charge is 2.24. The summed E-state index contributed by atoms with van der Waals surface area (Å²) in [5.74, 6) is 0.0958. The van der Waals surface area contributed by atoms with Crippen LogP contribution in [0, 0.1) is 13.8 Å². The normalized spacial score (nSPS) is 15.0. The second kappa shape index (κ2) is 5.21. The predicted molar refractivity (Wildman–Crippen MR) is 67.3 cm³/mol. The Morgan fingerprint density at radius 3 is 2.78 bits per heavy atom. The minimum absolute atomic E-state index is 0.0958. The van der Waals surface area contributed by atoms with Crippen LogP contribution in [0.15, 0.2) is 18.2 Å². The summed E-state index contributed by atoms with van der Waals surface area (Å²) in [6.07, 6.45) is 0.0411. The van der Waals surface area contributed by atoms with Crippen molar-refractivity contribution < 1.29 is 14.3 Å². The third-order valence-corrected chi connectivity index (χ3v) is 3.14. The van der Waals surface area contributed by atoms with E-state index in [-0.39, 0.29) is 18.9 Å². The first-order valence-electron chi connectivity index (χ1n) is 6.06. The quantitative estimate of drug-likeness (QED) is 0.805. The van der Waals surface area contributed by atoms with Gasteiger partial charge in [-0.3, -0.25) is 4.79 Å². The van der Waals surface area contributed by atoms with Crippen LogP contribution < -0.4 is 0 Å². The Hall–Kier alpha value is -1.84. The second-order valence-electron chi connectivity index (χ2n) is 4.69. The van der Waals surface area contributed by atoms with Crippen LogP contribution in [0.1, 0.15) is 23.1 Å². The summed E-state index contributed by atoms with van der Waals surface area (Å²) in [6, 6.07) is 6.02. The number of nitrogens with zero attached hydrogens (tertiary/aromatic N) is 1. The Kier molecular flexibility index (Phi) is 3.65. The third-order valence-electron chi connectivity index (χ3n) is 3.14. The van der Waals surface area contributed by atoms with E-state index >= 15 is 0 Å². The summed E-state index contributed by atoms with van der Waals surface area (Å²) >= 11 is 0. The molecule has 96 valence electrons. The number of hydrogen-bond donors (Lipinski definition) is 0. The van der Waals surface area contributed by atoms with Gasteiger partial charge < -0.3 is 9.64 Å². The number of ether oxygens (including phenoxy) is 1. The minimum atomic E-state index is -0.402. The van der Waals surface area contributed by atoms with Crippen LogP contribution in [-0.4, -0.2) is 29.9 Å². The number of ketones is 1. The first kappa shape index (κ1) is 12.6. The SMILES string of the molecule is Cc1ccc(COC(=O)N2CCC(=O)C2)c(C)c1. The summed E-state index contributed by atoms with van der Waals surface area (Å²) in [5.41, 5.74) is 3.30. The number of likely N-dealkylation sites (tertiary alicyclic amines) is 1. The molecular weight excluding hydrogens is 230 g/mol. The molecule has 1 aromatic rings. The Labute approximate surface area is 107 Å². The van der Waals surface area contributed by atoms with Crippen molar-refractivity contribution in [1.29, 1.82) is 0 Å². The number of Topliss-reactive ketones (excluding diaryl/α,β-unsaturated/α-hetero) is 1. The van der Waals surface area contributed by atoms with Crippen molar-refractivity contribution in [3.63, 3.8) is 0 Å². The number of carbonyl (C=O) groups is 2. The molecule has 1 aromatic carbocycles. The van der Waals surface area contributed by atoms with E-state index in [1.165, 1.54) is 10.5 Å². The van der Waals surface area contributed by atoms with Gasteiger partial charge in [-0.2, -0.15) is 0 Å². The van der Waals surface area contributed by atoms with Crippen LogP contribution in [0.25, 0.3) is 0 Å². The second-order valence-corrected chi connectivity index (χ2v) is 4.69. The number of benzene rings is 1. The molecule has 4 nitrogen and oxygen atoms in total. The lowest BCUT2D eigenvalue weighted by molar-refractivity contribution is -0.116. The van der Waals surface area contributed by atoms with Gasteiger partial charge in [0.2, 0.25) is 0 Å². The molecular formula is C14H17NO3. The third kappa shape index (κ3) is 2.88. The number of amides is 1. The molecule has 0 saturated carbocycles. The average molecular weight is 247 g/mol. The van der Waals surface area contributed by atoms with Crippen molar-refractivity contribution in [2.75, 3.05) is 13.1 Å². The molecule has 1 fully saturated rings. The molecule has 1 amide bonds. The van der Waals surface area contributed by atoms with Gasteiger partial charge in [-0.1, -0.05) is 23.8 Å². The van der Waals surface area contributed by atoms with E-state index in [1.54, 1.807) is 0 Å². The highest BCUT2D eigenvalue weighted by molar-refractivity contribution is 5.87. The van der Waals surface area contributed by atoms with Gasteiger partial charge in [0.25, 0.3) is 0 Å². The van der Waals surface area contributed by atoms with Crippen LogP contribution in [-0.2, 0) is 16.1 Å². The van der Waals surface area contributed by atoms with Crippen molar-refractivity contribution in [2.45, 2.75) is 26.9 Å². The largest absolute Gasteiger partial charge is 0.445 e. The van der Waals surface area contributed by atoms with E-state index < -0.39 is 6.09 Å². The van der Waals surface area contributed by atoms with Gasteiger partial charge in [0.15, 0.2) is 5.78 Å². The molecule has 1 aliphatic heterocycles. The molecule has 18 heavy (non-hydrogen) atoms. The number of carbonyl (C=O) groups excluding carboxylic acids is 2. The Morgan fingerprint density at radius 1 is 1.39 bits per heavy atom. The lowest BCUT2D eigenvalue weighted by atomic mass is 10.1.